The van der Waals surface area contributed by atoms with Crippen LogP contribution in [0.25, 0.3) is 5.69 Å². The molecule has 96 valence electrons. The van der Waals surface area contributed by atoms with Crippen LogP contribution in [0.1, 0.15) is 31.9 Å². The molecule has 0 bridgehead atoms. The number of benzene rings is 1. The molecule has 2 rings (SSSR count). The van der Waals surface area contributed by atoms with Crippen molar-refractivity contribution in [3.05, 3.63) is 34.6 Å². The van der Waals surface area contributed by atoms with Gasteiger partial charge in [-0.1, -0.05) is 38.4 Å². The molecule has 0 atom stereocenters. The highest BCUT2D eigenvalue weighted by molar-refractivity contribution is 6.29. The van der Waals surface area contributed by atoms with Gasteiger partial charge in [-0.15, -0.1) is 9.90 Å². The van der Waals surface area contributed by atoms with Crippen LogP contribution in [0.15, 0.2) is 18.3 Å². The first kappa shape index (κ1) is 12.9. The zero-order valence-electron chi connectivity index (χ0n) is 10.9. The van der Waals surface area contributed by atoms with E-state index in [1.165, 1.54) is 11.0 Å². The smallest absolute Gasteiger partial charge is 0.171 e. The van der Waals surface area contributed by atoms with Crippen molar-refractivity contribution in [2.75, 3.05) is 0 Å². The van der Waals surface area contributed by atoms with Crippen LogP contribution >= 0.6 is 11.6 Å². The highest BCUT2D eigenvalue weighted by Crippen LogP contribution is 2.35. The third kappa shape index (κ3) is 2.34. The summed E-state index contributed by atoms with van der Waals surface area (Å²) in [5, 5.41) is 18.7. The summed E-state index contributed by atoms with van der Waals surface area (Å²) in [5.74, 6) is 0.195. The molecule has 1 aromatic heterocycles. The van der Waals surface area contributed by atoms with Crippen LogP contribution in [0.3, 0.4) is 0 Å². The van der Waals surface area contributed by atoms with Crippen LogP contribution in [0.4, 0.5) is 0 Å². The summed E-state index contributed by atoms with van der Waals surface area (Å²) in [6.45, 7) is 8.13. The first-order valence-electron chi connectivity index (χ1n) is 5.71. The maximum absolute atomic E-state index is 10.4. The molecular weight excluding hydrogens is 250 g/mol. The van der Waals surface area contributed by atoms with Gasteiger partial charge >= 0.3 is 0 Å². The van der Waals surface area contributed by atoms with Gasteiger partial charge in [-0.3, -0.25) is 0 Å². The average Bonchev–Trinajstić information content (AvgIpc) is 2.66. The number of aromatic nitrogens is 3. The van der Waals surface area contributed by atoms with Crippen LogP contribution in [0.5, 0.6) is 5.75 Å². The first-order valence-corrected chi connectivity index (χ1v) is 6.09. The number of halogens is 1. The molecule has 1 N–H and O–H groups in total. The third-order valence-corrected chi connectivity index (χ3v) is 2.89. The Hall–Kier alpha value is -1.55. The van der Waals surface area contributed by atoms with E-state index in [4.69, 9.17) is 11.6 Å². The second-order valence-electron chi connectivity index (χ2n) is 5.39. The Labute approximate surface area is 111 Å². The van der Waals surface area contributed by atoms with E-state index in [1.54, 1.807) is 0 Å². The van der Waals surface area contributed by atoms with Gasteiger partial charge in [0.25, 0.3) is 0 Å². The van der Waals surface area contributed by atoms with E-state index in [1.807, 2.05) is 19.1 Å². The molecule has 0 amide bonds. The first-order chi connectivity index (χ1) is 8.29. The lowest BCUT2D eigenvalue weighted by molar-refractivity contribution is 0.440. The topological polar surface area (TPSA) is 50.9 Å². The summed E-state index contributed by atoms with van der Waals surface area (Å²) < 4.78 is 0. The Morgan fingerprint density at radius 2 is 1.94 bits per heavy atom. The number of nitrogens with zero attached hydrogens (tertiary/aromatic N) is 3. The summed E-state index contributed by atoms with van der Waals surface area (Å²) in [5.41, 5.74) is 2.31. The van der Waals surface area contributed by atoms with Crippen molar-refractivity contribution < 1.29 is 5.11 Å². The van der Waals surface area contributed by atoms with Crippen LogP contribution < -0.4 is 0 Å². The summed E-state index contributed by atoms with van der Waals surface area (Å²) >= 11 is 5.76. The summed E-state index contributed by atoms with van der Waals surface area (Å²) in [6, 6.07) is 3.81. The lowest BCUT2D eigenvalue weighted by Crippen LogP contribution is -2.13. The minimum Gasteiger partial charge on any atom is -0.505 e. The fourth-order valence-corrected chi connectivity index (χ4v) is 1.96. The molecule has 0 aliphatic heterocycles. The fourth-order valence-electron chi connectivity index (χ4n) is 1.84. The Morgan fingerprint density at radius 3 is 2.44 bits per heavy atom. The standard InChI is InChI=1S/C13H16ClN3O/c1-8-5-9(13(2,3)4)12(18)10(6-8)17-15-7-11(14)16-17/h5-7,18H,1-4H3. The summed E-state index contributed by atoms with van der Waals surface area (Å²) in [7, 11) is 0. The second-order valence-corrected chi connectivity index (χ2v) is 5.77. The molecule has 0 aliphatic carbocycles. The van der Waals surface area contributed by atoms with E-state index in [2.05, 4.69) is 31.0 Å². The monoisotopic (exact) mass is 265 g/mol. The summed E-state index contributed by atoms with van der Waals surface area (Å²) in [4.78, 5) is 1.35. The normalized spacial score (nSPS) is 11.8. The molecule has 1 aromatic carbocycles. The van der Waals surface area contributed by atoms with Crippen molar-refractivity contribution in [3.63, 3.8) is 0 Å². The van der Waals surface area contributed by atoms with Crippen LogP contribution in [-0.4, -0.2) is 20.1 Å². The van der Waals surface area contributed by atoms with E-state index >= 15 is 0 Å². The summed E-state index contributed by atoms with van der Waals surface area (Å²) in [6.07, 6.45) is 1.44. The Kier molecular flexibility index (Phi) is 3.07. The van der Waals surface area contributed by atoms with Gasteiger partial charge in [0.05, 0.1) is 6.20 Å². The number of hydrogen-bond acceptors (Lipinski definition) is 3. The van der Waals surface area contributed by atoms with Crippen molar-refractivity contribution >= 4 is 11.6 Å². The van der Waals surface area contributed by atoms with Crippen LogP contribution in [0.2, 0.25) is 5.15 Å². The number of aryl methyl sites for hydroxylation is 1. The van der Waals surface area contributed by atoms with E-state index in [0.717, 1.165) is 11.1 Å². The Bertz CT molecular complexity index is 584. The number of phenolic OH excluding ortho intramolecular Hbond substituents is 1. The zero-order valence-corrected chi connectivity index (χ0v) is 11.7. The third-order valence-electron chi connectivity index (χ3n) is 2.72. The molecule has 0 fully saturated rings. The molecule has 2 aromatic rings. The van der Waals surface area contributed by atoms with E-state index in [-0.39, 0.29) is 11.2 Å². The van der Waals surface area contributed by atoms with Gasteiger partial charge in [-0.25, -0.2) is 0 Å². The van der Waals surface area contributed by atoms with Gasteiger partial charge in [0.2, 0.25) is 0 Å². The fraction of sp³-hybridized carbons (Fsp3) is 0.385. The molecule has 0 aliphatic rings. The van der Waals surface area contributed by atoms with Gasteiger partial charge in [-0.05, 0) is 24.0 Å². The molecule has 4 nitrogen and oxygen atoms in total. The van der Waals surface area contributed by atoms with Gasteiger partial charge < -0.3 is 5.11 Å². The van der Waals surface area contributed by atoms with Gasteiger partial charge in [-0.2, -0.15) is 5.10 Å². The van der Waals surface area contributed by atoms with Gasteiger partial charge in [0.15, 0.2) is 5.15 Å². The van der Waals surface area contributed by atoms with E-state index in [9.17, 15) is 5.11 Å². The maximum Gasteiger partial charge on any atom is 0.171 e. The lowest BCUT2D eigenvalue weighted by Gasteiger charge is -2.22. The molecule has 18 heavy (non-hydrogen) atoms. The lowest BCUT2D eigenvalue weighted by atomic mass is 9.85. The number of rotatable bonds is 1. The molecule has 0 unspecified atom stereocenters. The largest absolute Gasteiger partial charge is 0.505 e. The predicted molar refractivity (Wildman–Crippen MR) is 71.5 cm³/mol. The van der Waals surface area contributed by atoms with E-state index in [0.29, 0.717) is 10.8 Å². The molecule has 1 heterocycles. The Balaban J connectivity index is 2.66. The minimum atomic E-state index is -0.151. The number of hydrogen-bond donors (Lipinski definition) is 1. The van der Waals surface area contributed by atoms with Crippen molar-refractivity contribution in [1.29, 1.82) is 0 Å². The highest BCUT2D eigenvalue weighted by atomic mass is 35.5. The minimum absolute atomic E-state index is 0.151. The maximum atomic E-state index is 10.4. The molecule has 0 radical (unpaired) electrons. The van der Waals surface area contributed by atoms with Crippen molar-refractivity contribution in [2.24, 2.45) is 0 Å². The quantitative estimate of drug-likeness (QED) is 0.861. The van der Waals surface area contributed by atoms with Crippen LogP contribution in [-0.2, 0) is 5.41 Å². The number of phenols is 1. The molecular formula is C13H16ClN3O. The second kappa shape index (κ2) is 4.28. The molecule has 0 saturated carbocycles. The van der Waals surface area contributed by atoms with Crippen LogP contribution in [0, 0.1) is 6.92 Å². The molecule has 0 spiro atoms. The van der Waals surface area contributed by atoms with E-state index < -0.39 is 0 Å². The Morgan fingerprint density at radius 1 is 1.28 bits per heavy atom. The van der Waals surface area contributed by atoms with Gasteiger partial charge in [0.1, 0.15) is 11.4 Å². The highest BCUT2D eigenvalue weighted by Gasteiger charge is 2.22. The van der Waals surface area contributed by atoms with Crippen molar-refractivity contribution in [3.8, 4) is 11.4 Å². The molecule has 5 heteroatoms. The average molecular weight is 266 g/mol. The SMILES string of the molecule is Cc1cc(-n2ncc(Cl)n2)c(O)c(C(C)(C)C)c1. The van der Waals surface area contributed by atoms with Gasteiger partial charge in [0, 0.05) is 5.56 Å². The zero-order chi connectivity index (χ0) is 13.5. The number of aromatic hydroxyl groups is 1. The van der Waals surface area contributed by atoms with Crippen molar-refractivity contribution in [1.82, 2.24) is 15.0 Å². The predicted octanol–water partition coefficient (Wildman–Crippen LogP) is 3.23. The molecule has 0 saturated heterocycles. The van der Waals surface area contributed by atoms with Crippen molar-refractivity contribution in [2.45, 2.75) is 33.1 Å².